The molecule has 0 aliphatic carbocycles. The molecule has 0 saturated carbocycles. The predicted octanol–water partition coefficient (Wildman–Crippen LogP) is 5.28. The summed E-state index contributed by atoms with van der Waals surface area (Å²) < 4.78 is 1.49. The van der Waals surface area contributed by atoms with E-state index in [4.69, 9.17) is 16.7 Å². The van der Waals surface area contributed by atoms with E-state index in [0.29, 0.717) is 39.8 Å². The molecule has 11 nitrogen and oxygen atoms in total. The summed E-state index contributed by atoms with van der Waals surface area (Å²) in [5, 5.41) is 35.0. The number of hydrogen-bond donors (Lipinski definition) is 3. The minimum absolute atomic E-state index is 0.341. The SMILES string of the molecule is Cc1nnc(C(Cc2ccccc2)NC(=O)C=Cc2cc(Cl)ccc2-n2cnnn2)cc1-c1ccc(NC(=O)O)cc1. The van der Waals surface area contributed by atoms with Crippen LogP contribution in [-0.4, -0.2) is 47.5 Å². The highest BCUT2D eigenvalue weighted by Crippen LogP contribution is 2.27. The summed E-state index contributed by atoms with van der Waals surface area (Å²) in [6.45, 7) is 1.84. The molecule has 2 amide bonds. The van der Waals surface area contributed by atoms with Gasteiger partial charge in [-0.05, 0) is 77.4 Å². The number of amides is 2. The number of aromatic nitrogens is 6. The Morgan fingerprint density at radius 2 is 1.81 bits per heavy atom. The highest BCUT2D eigenvalue weighted by molar-refractivity contribution is 6.30. The number of carbonyl (C=O) groups is 2. The largest absolute Gasteiger partial charge is 0.465 e. The molecule has 1 atom stereocenters. The third-order valence-corrected chi connectivity index (χ3v) is 6.64. The van der Waals surface area contributed by atoms with Crippen LogP contribution in [0.5, 0.6) is 0 Å². The summed E-state index contributed by atoms with van der Waals surface area (Å²) in [6.07, 6.45) is 3.87. The number of nitrogens with one attached hydrogen (secondary N) is 2. The quantitative estimate of drug-likeness (QED) is 0.199. The van der Waals surface area contributed by atoms with E-state index in [9.17, 15) is 9.59 Å². The summed E-state index contributed by atoms with van der Waals surface area (Å²) in [7, 11) is 0. The maximum atomic E-state index is 13.2. The molecule has 0 fully saturated rings. The van der Waals surface area contributed by atoms with Crippen molar-refractivity contribution in [2.75, 3.05) is 5.32 Å². The Balaban J connectivity index is 1.43. The van der Waals surface area contributed by atoms with Gasteiger partial charge < -0.3 is 10.4 Å². The molecule has 12 heteroatoms. The number of carboxylic acid groups (broad SMARTS) is 1. The average molecular weight is 581 g/mol. The Bertz CT molecular complexity index is 1730. The normalized spacial score (nSPS) is 11.8. The Morgan fingerprint density at radius 1 is 1.02 bits per heavy atom. The summed E-state index contributed by atoms with van der Waals surface area (Å²) in [5.41, 5.74) is 5.70. The van der Waals surface area contributed by atoms with Crippen LogP contribution in [0, 0.1) is 6.92 Å². The van der Waals surface area contributed by atoms with Gasteiger partial charge in [0.15, 0.2) is 0 Å². The van der Waals surface area contributed by atoms with E-state index in [2.05, 4.69) is 36.4 Å². The van der Waals surface area contributed by atoms with Gasteiger partial charge in [-0.25, -0.2) is 4.79 Å². The lowest BCUT2D eigenvalue weighted by molar-refractivity contribution is -0.117. The number of aryl methyl sites for hydroxylation is 1. The molecular formula is C30H25ClN8O3. The average Bonchev–Trinajstić information content (AvgIpc) is 3.52. The smallest absolute Gasteiger partial charge is 0.409 e. The molecule has 2 aromatic heterocycles. The molecule has 5 aromatic rings. The Kier molecular flexibility index (Phi) is 8.59. The van der Waals surface area contributed by atoms with Crippen LogP contribution in [0.3, 0.4) is 0 Å². The standard InChI is InChI=1S/C30H25ClN8O3/c1-19-25(21-7-11-24(12-8-21)33-30(41)42)17-27(36-35-19)26(15-20-5-3-2-4-6-20)34-29(40)14-9-22-16-23(31)10-13-28(22)39-18-32-37-38-39/h2-14,16-18,26,33H,15H2,1H3,(H,34,40)(H,41,42). The lowest BCUT2D eigenvalue weighted by atomic mass is 9.98. The fourth-order valence-corrected chi connectivity index (χ4v) is 4.57. The maximum Gasteiger partial charge on any atom is 0.409 e. The van der Waals surface area contributed by atoms with Crippen LogP contribution in [0.1, 0.15) is 28.6 Å². The van der Waals surface area contributed by atoms with E-state index in [1.54, 1.807) is 48.5 Å². The van der Waals surface area contributed by atoms with Gasteiger partial charge in [0.05, 0.1) is 23.1 Å². The van der Waals surface area contributed by atoms with Crippen LogP contribution in [-0.2, 0) is 11.2 Å². The van der Waals surface area contributed by atoms with Crippen molar-refractivity contribution in [1.29, 1.82) is 0 Å². The number of anilines is 1. The topological polar surface area (TPSA) is 148 Å². The van der Waals surface area contributed by atoms with Gasteiger partial charge in [0, 0.05) is 27.9 Å². The summed E-state index contributed by atoms with van der Waals surface area (Å²) >= 11 is 6.22. The van der Waals surface area contributed by atoms with Gasteiger partial charge in [0.25, 0.3) is 0 Å². The van der Waals surface area contributed by atoms with Gasteiger partial charge >= 0.3 is 6.09 Å². The molecule has 0 radical (unpaired) electrons. The molecule has 5 rings (SSSR count). The van der Waals surface area contributed by atoms with Crippen molar-refractivity contribution in [3.8, 4) is 16.8 Å². The predicted molar refractivity (Wildman–Crippen MR) is 158 cm³/mol. The zero-order valence-corrected chi connectivity index (χ0v) is 23.1. The van der Waals surface area contributed by atoms with Gasteiger partial charge in [-0.2, -0.15) is 14.9 Å². The van der Waals surface area contributed by atoms with Crippen LogP contribution in [0.2, 0.25) is 5.02 Å². The van der Waals surface area contributed by atoms with Crippen LogP contribution in [0.4, 0.5) is 10.5 Å². The number of tetrazole rings is 1. The Hall–Kier alpha value is -5.42. The minimum Gasteiger partial charge on any atom is -0.465 e. The monoisotopic (exact) mass is 580 g/mol. The van der Waals surface area contributed by atoms with E-state index in [1.165, 1.54) is 17.1 Å². The highest BCUT2D eigenvalue weighted by atomic mass is 35.5. The van der Waals surface area contributed by atoms with Crippen molar-refractivity contribution in [2.24, 2.45) is 0 Å². The number of halogens is 1. The highest BCUT2D eigenvalue weighted by Gasteiger charge is 2.19. The first kappa shape index (κ1) is 28.1. The second-order valence-corrected chi connectivity index (χ2v) is 9.75. The first-order valence-corrected chi connectivity index (χ1v) is 13.2. The molecule has 3 N–H and O–H groups in total. The number of nitrogens with zero attached hydrogens (tertiary/aromatic N) is 6. The van der Waals surface area contributed by atoms with Gasteiger partial charge in [-0.1, -0.05) is 54.1 Å². The second-order valence-electron chi connectivity index (χ2n) is 9.32. The van der Waals surface area contributed by atoms with Gasteiger partial charge in [0.1, 0.15) is 6.33 Å². The van der Waals surface area contributed by atoms with Crippen molar-refractivity contribution in [1.82, 2.24) is 35.7 Å². The van der Waals surface area contributed by atoms with E-state index in [0.717, 1.165) is 16.7 Å². The van der Waals surface area contributed by atoms with E-state index in [-0.39, 0.29) is 5.91 Å². The number of hydrogen-bond acceptors (Lipinski definition) is 7. The molecule has 0 saturated heterocycles. The molecule has 210 valence electrons. The minimum atomic E-state index is -1.14. The summed E-state index contributed by atoms with van der Waals surface area (Å²) in [4.78, 5) is 24.2. The molecule has 0 spiro atoms. The van der Waals surface area contributed by atoms with Crippen LogP contribution < -0.4 is 10.6 Å². The van der Waals surface area contributed by atoms with Crippen molar-refractivity contribution >= 4 is 35.4 Å². The molecule has 42 heavy (non-hydrogen) atoms. The molecule has 2 heterocycles. The Labute approximate surface area is 245 Å². The lowest BCUT2D eigenvalue weighted by Crippen LogP contribution is -2.29. The van der Waals surface area contributed by atoms with E-state index < -0.39 is 12.1 Å². The number of carbonyl (C=O) groups excluding carboxylic acids is 1. The van der Waals surface area contributed by atoms with Crippen molar-refractivity contribution in [3.63, 3.8) is 0 Å². The molecule has 3 aromatic carbocycles. The fraction of sp³-hybridized carbons (Fsp3) is 0.100. The maximum absolute atomic E-state index is 13.2. The van der Waals surface area contributed by atoms with Crippen LogP contribution in [0.25, 0.3) is 22.9 Å². The third-order valence-electron chi connectivity index (χ3n) is 6.40. The third kappa shape index (κ3) is 7.01. The summed E-state index contributed by atoms with van der Waals surface area (Å²) in [5.74, 6) is -0.341. The first-order valence-electron chi connectivity index (χ1n) is 12.9. The second kappa shape index (κ2) is 12.8. The Morgan fingerprint density at radius 3 is 2.52 bits per heavy atom. The number of rotatable bonds is 9. The summed E-state index contributed by atoms with van der Waals surface area (Å²) in [6, 6.07) is 23.3. The molecule has 1 unspecified atom stereocenters. The lowest BCUT2D eigenvalue weighted by Gasteiger charge is -2.19. The van der Waals surface area contributed by atoms with Gasteiger partial charge in [-0.3, -0.25) is 10.1 Å². The van der Waals surface area contributed by atoms with Crippen molar-refractivity contribution < 1.29 is 14.7 Å². The molecule has 0 aliphatic heterocycles. The van der Waals surface area contributed by atoms with Gasteiger partial charge in [0.2, 0.25) is 5.91 Å². The van der Waals surface area contributed by atoms with E-state index in [1.807, 2.05) is 43.3 Å². The zero-order chi connectivity index (χ0) is 29.5. The van der Waals surface area contributed by atoms with Crippen LogP contribution >= 0.6 is 11.6 Å². The number of benzene rings is 3. The fourth-order valence-electron chi connectivity index (χ4n) is 4.39. The molecule has 0 aliphatic rings. The zero-order valence-electron chi connectivity index (χ0n) is 22.3. The van der Waals surface area contributed by atoms with Crippen molar-refractivity contribution in [2.45, 2.75) is 19.4 Å². The molecule has 0 bridgehead atoms. The molecular weight excluding hydrogens is 556 g/mol. The first-order chi connectivity index (χ1) is 20.4. The van der Waals surface area contributed by atoms with Crippen LogP contribution in [0.15, 0.2) is 91.3 Å². The van der Waals surface area contributed by atoms with E-state index >= 15 is 0 Å². The van der Waals surface area contributed by atoms with Gasteiger partial charge in [-0.15, -0.1) is 5.10 Å². The van der Waals surface area contributed by atoms with Crippen molar-refractivity contribution in [3.05, 3.63) is 119 Å².